The molecule has 3 aromatic rings. The first-order valence-electron chi connectivity index (χ1n) is 7.82. The predicted molar refractivity (Wildman–Crippen MR) is 100 cm³/mol. The molecule has 0 spiro atoms. The van der Waals surface area contributed by atoms with Gasteiger partial charge in [-0.2, -0.15) is 11.8 Å². The summed E-state index contributed by atoms with van der Waals surface area (Å²) in [6, 6.07) is 16.9. The first-order valence-corrected chi connectivity index (χ1v) is 9.22. The molecule has 1 heterocycles. The summed E-state index contributed by atoms with van der Waals surface area (Å²) in [7, 11) is 0. The summed E-state index contributed by atoms with van der Waals surface area (Å²) in [5.74, 6) is 1.72. The quantitative estimate of drug-likeness (QED) is 0.630. The second-order valence-electron chi connectivity index (χ2n) is 5.44. The molecule has 3 rings (SSSR count). The number of rotatable bonds is 6. The van der Waals surface area contributed by atoms with E-state index in [-0.39, 0.29) is 12.1 Å². The average molecular weight is 340 g/mol. The molecule has 5 nitrogen and oxygen atoms in total. The summed E-state index contributed by atoms with van der Waals surface area (Å²) in [6.07, 6.45) is 2.86. The number of aromatic amines is 1. The number of nitrogens with one attached hydrogen (secondary N) is 3. The minimum absolute atomic E-state index is 0.159. The number of hydrogen-bond acceptors (Lipinski definition) is 3. The summed E-state index contributed by atoms with van der Waals surface area (Å²) >= 11 is 1.75. The van der Waals surface area contributed by atoms with E-state index in [1.807, 2.05) is 54.6 Å². The SMILES string of the molecule is CSCC[C@H](NC(=O)Nc1ccccc1)c1nc2ccccc2[nH]1. The number of fused-ring (bicyclic) bond motifs is 1. The van der Waals surface area contributed by atoms with Crippen LogP contribution in [0, 0.1) is 0 Å². The van der Waals surface area contributed by atoms with Crippen molar-refractivity contribution in [2.45, 2.75) is 12.5 Å². The lowest BCUT2D eigenvalue weighted by molar-refractivity contribution is 0.248. The highest BCUT2D eigenvalue weighted by molar-refractivity contribution is 7.98. The molecule has 0 unspecified atom stereocenters. The first-order chi connectivity index (χ1) is 11.8. The maximum absolute atomic E-state index is 12.3. The fraction of sp³-hybridized carbons (Fsp3) is 0.222. The van der Waals surface area contributed by atoms with Gasteiger partial charge in [0, 0.05) is 5.69 Å². The second kappa shape index (κ2) is 7.88. The van der Waals surface area contributed by atoms with Crippen LogP contribution in [0.1, 0.15) is 18.3 Å². The number of nitrogens with zero attached hydrogens (tertiary/aromatic N) is 1. The number of hydrogen-bond donors (Lipinski definition) is 3. The molecule has 124 valence electrons. The molecule has 0 aliphatic carbocycles. The third-order valence-electron chi connectivity index (χ3n) is 3.69. The summed E-state index contributed by atoms with van der Waals surface area (Å²) in [5, 5.41) is 5.87. The Kier molecular flexibility index (Phi) is 5.38. The van der Waals surface area contributed by atoms with Crippen LogP contribution in [0.5, 0.6) is 0 Å². The topological polar surface area (TPSA) is 69.8 Å². The Hall–Kier alpha value is -2.47. The Bertz CT molecular complexity index is 770. The molecule has 1 atom stereocenters. The van der Waals surface area contributed by atoms with Crippen LogP contribution in [0.25, 0.3) is 11.0 Å². The van der Waals surface area contributed by atoms with E-state index in [1.165, 1.54) is 0 Å². The van der Waals surface area contributed by atoms with Crippen molar-refractivity contribution in [1.82, 2.24) is 15.3 Å². The van der Waals surface area contributed by atoms with Crippen LogP contribution in [0.2, 0.25) is 0 Å². The molecule has 24 heavy (non-hydrogen) atoms. The normalized spacial score (nSPS) is 12.0. The first kappa shape index (κ1) is 16.4. The van der Waals surface area contributed by atoms with Gasteiger partial charge in [-0.1, -0.05) is 30.3 Å². The third-order valence-corrected chi connectivity index (χ3v) is 4.33. The number of thioether (sulfide) groups is 1. The minimum atomic E-state index is -0.229. The molecule has 0 bridgehead atoms. The van der Waals surface area contributed by atoms with Crippen molar-refractivity contribution in [2.24, 2.45) is 0 Å². The minimum Gasteiger partial charge on any atom is -0.340 e. The van der Waals surface area contributed by atoms with Gasteiger partial charge in [0.25, 0.3) is 0 Å². The zero-order chi connectivity index (χ0) is 16.8. The zero-order valence-electron chi connectivity index (χ0n) is 13.5. The third kappa shape index (κ3) is 4.08. The molecule has 0 saturated carbocycles. The Balaban J connectivity index is 1.74. The van der Waals surface area contributed by atoms with E-state index in [9.17, 15) is 4.79 Å². The number of anilines is 1. The summed E-state index contributed by atoms with van der Waals surface area (Å²) in [4.78, 5) is 20.2. The highest BCUT2D eigenvalue weighted by Gasteiger charge is 2.18. The number of imidazole rings is 1. The van der Waals surface area contributed by atoms with Gasteiger partial charge in [-0.3, -0.25) is 0 Å². The summed E-state index contributed by atoms with van der Waals surface area (Å²) in [6.45, 7) is 0. The number of benzene rings is 2. The van der Waals surface area contributed by atoms with Crippen LogP contribution in [0.15, 0.2) is 54.6 Å². The molecule has 0 fully saturated rings. The van der Waals surface area contributed by atoms with Crippen LogP contribution in [0.3, 0.4) is 0 Å². The standard InChI is InChI=1S/C18H20N4OS/c1-24-12-11-16(17-20-14-9-5-6-10-15(14)21-17)22-18(23)19-13-7-3-2-4-8-13/h2-10,16H,11-12H2,1H3,(H,20,21)(H2,19,22,23)/t16-/m0/s1. The van der Waals surface area contributed by atoms with Crippen molar-refractivity contribution >= 4 is 34.5 Å². The van der Waals surface area contributed by atoms with Crippen molar-refractivity contribution < 1.29 is 4.79 Å². The number of para-hydroxylation sites is 3. The van der Waals surface area contributed by atoms with E-state index in [0.29, 0.717) is 0 Å². The predicted octanol–water partition coefficient (Wildman–Crippen LogP) is 4.18. The number of amides is 2. The van der Waals surface area contributed by atoms with Gasteiger partial charge < -0.3 is 15.6 Å². The van der Waals surface area contributed by atoms with Gasteiger partial charge in [0.15, 0.2) is 0 Å². The molecule has 0 saturated heterocycles. The number of carbonyl (C=O) groups excluding carboxylic acids is 1. The Morgan fingerprint density at radius 3 is 2.67 bits per heavy atom. The number of H-pyrrole nitrogens is 1. The van der Waals surface area contributed by atoms with Gasteiger partial charge >= 0.3 is 6.03 Å². The number of carbonyl (C=O) groups is 1. The lowest BCUT2D eigenvalue weighted by Gasteiger charge is -2.17. The Morgan fingerprint density at radius 2 is 1.92 bits per heavy atom. The van der Waals surface area contributed by atoms with Crippen molar-refractivity contribution in [3.05, 3.63) is 60.4 Å². The maximum atomic E-state index is 12.3. The van der Waals surface area contributed by atoms with E-state index in [4.69, 9.17) is 0 Å². The lowest BCUT2D eigenvalue weighted by Crippen LogP contribution is -2.33. The van der Waals surface area contributed by atoms with Crippen molar-refractivity contribution in [3.63, 3.8) is 0 Å². The van der Waals surface area contributed by atoms with Crippen molar-refractivity contribution in [2.75, 3.05) is 17.3 Å². The molecule has 3 N–H and O–H groups in total. The highest BCUT2D eigenvalue weighted by Crippen LogP contribution is 2.20. The molecule has 0 aliphatic heterocycles. The van der Waals surface area contributed by atoms with E-state index >= 15 is 0 Å². The molecule has 0 radical (unpaired) electrons. The lowest BCUT2D eigenvalue weighted by atomic mass is 10.2. The zero-order valence-corrected chi connectivity index (χ0v) is 14.3. The fourth-order valence-corrected chi connectivity index (χ4v) is 2.97. The smallest absolute Gasteiger partial charge is 0.319 e. The van der Waals surface area contributed by atoms with Gasteiger partial charge in [-0.25, -0.2) is 9.78 Å². The van der Waals surface area contributed by atoms with Crippen LogP contribution >= 0.6 is 11.8 Å². The van der Waals surface area contributed by atoms with Gasteiger partial charge in [0.2, 0.25) is 0 Å². The molecule has 6 heteroatoms. The van der Waals surface area contributed by atoms with Crippen molar-refractivity contribution in [1.29, 1.82) is 0 Å². The molecule has 1 aromatic heterocycles. The van der Waals surface area contributed by atoms with Crippen molar-refractivity contribution in [3.8, 4) is 0 Å². The van der Waals surface area contributed by atoms with Gasteiger partial charge in [-0.15, -0.1) is 0 Å². The second-order valence-corrected chi connectivity index (χ2v) is 6.42. The average Bonchev–Trinajstić information content (AvgIpc) is 3.03. The van der Waals surface area contributed by atoms with Crippen LogP contribution in [0.4, 0.5) is 10.5 Å². The maximum Gasteiger partial charge on any atom is 0.319 e. The summed E-state index contributed by atoms with van der Waals surface area (Å²) in [5.41, 5.74) is 2.65. The monoisotopic (exact) mass is 340 g/mol. The molecular weight excluding hydrogens is 320 g/mol. The van der Waals surface area contributed by atoms with Crippen LogP contribution in [-0.4, -0.2) is 28.0 Å². The fourth-order valence-electron chi connectivity index (χ4n) is 2.50. The molecule has 0 aliphatic rings. The largest absolute Gasteiger partial charge is 0.340 e. The van der Waals surface area contributed by atoms with Gasteiger partial charge in [0.1, 0.15) is 5.82 Å². The van der Waals surface area contributed by atoms with E-state index in [0.717, 1.165) is 34.7 Å². The van der Waals surface area contributed by atoms with Crippen LogP contribution < -0.4 is 10.6 Å². The van der Waals surface area contributed by atoms with Gasteiger partial charge in [-0.05, 0) is 42.7 Å². The Labute approximate surface area is 145 Å². The van der Waals surface area contributed by atoms with Gasteiger partial charge in [0.05, 0.1) is 17.1 Å². The summed E-state index contributed by atoms with van der Waals surface area (Å²) < 4.78 is 0. The van der Waals surface area contributed by atoms with Crippen LogP contribution in [-0.2, 0) is 0 Å². The number of aromatic nitrogens is 2. The van der Waals surface area contributed by atoms with E-state index in [2.05, 4.69) is 26.9 Å². The van der Waals surface area contributed by atoms with E-state index < -0.39 is 0 Å². The molecular formula is C18H20N4OS. The van der Waals surface area contributed by atoms with E-state index in [1.54, 1.807) is 11.8 Å². The molecule has 2 aromatic carbocycles. The highest BCUT2D eigenvalue weighted by atomic mass is 32.2. The Morgan fingerprint density at radius 1 is 1.17 bits per heavy atom. The number of urea groups is 1. The molecule has 2 amide bonds.